The van der Waals surface area contributed by atoms with E-state index >= 15 is 0 Å². The summed E-state index contributed by atoms with van der Waals surface area (Å²) in [6, 6.07) is 7.00. The van der Waals surface area contributed by atoms with Gasteiger partial charge in [0.2, 0.25) is 5.91 Å². The van der Waals surface area contributed by atoms with Crippen molar-refractivity contribution in [3.63, 3.8) is 0 Å². The topological polar surface area (TPSA) is 60.2 Å². The maximum atomic E-state index is 10.9. The van der Waals surface area contributed by atoms with Crippen LogP contribution >= 0.6 is 0 Å². The molecule has 1 rings (SSSR count). The second-order valence-electron chi connectivity index (χ2n) is 2.67. The van der Waals surface area contributed by atoms with Crippen LogP contribution in [0.15, 0.2) is 24.3 Å². The first-order valence-corrected chi connectivity index (χ1v) is 3.98. The van der Waals surface area contributed by atoms with E-state index in [0.29, 0.717) is 18.4 Å². The van der Waals surface area contributed by atoms with Gasteiger partial charge in [0.15, 0.2) is 6.29 Å². The van der Waals surface area contributed by atoms with Crippen molar-refractivity contribution in [2.24, 2.45) is 5.73 Å². The van der Waals surface area contributed by atoms with Gasteiger partial charge in [0.1, 0.15) is 0 Å². The van der Waals surface area contributed by atoms with Gasteiger partial charge in [-0.1, -0.05) is 18.2 Å². The summed E-state index contributed by atoms with van der Waals surface area (Å²) < 4.78 is 0. The van der Waals surface area contributed by atoms with Crippen LogP contribution in [0.3, 0.4) is 0 Å². The molecule has 13 heavy (non-hydrogen) atoms. The van der Waals surface area contributed by atoms with Gasteiger partial charge in [0, 0.05) is 12.0 Å². The molecule has 0 spiro atoms. The molecule has 1 radical (unpaired) electrons. The third kappa shape index (κ3) is 2.40. The molecule has 0 atom stereocenters. The lowest BCUT2D eigenvalue weighted by Gasteiger charge is -2.02. The molecule has 0 unspecified atom stereocenters. The Morgan fingerprint density at radius 2 is 2.08 bits per heavy atom. The summed E-state index contributed by atoms with van der Waals surface area (Å²) >= 11 is 0. The third-order valence-electron chi connectivity index (χ3n) is 1.78. The lowest BCUT2D eigenvalue weighted by atomic mass is 10.0. The normalized spacial score (nSPS) is 9.54. The molecular formula is C10H10NO2. The van der Waals surface area contributed by atoms with Crippen molar-refractivity contribution in [3.8, 4) is 0 Å². The van der Waals surface area contributed by atoms with E-state index in [2.05, 4.69) is 0 Å². The van der Waals surface area contributed by atoms with E-state index in [1.165, 1.54) is 0 Å². The number of nitrogens with two attached hydrogens (primary N) is 1. The van der Waals surface area contributed by atoms with Crippen LogP contribution in [-0.2, 0) is 11.2 Å². The molecule has 0 saturated carbocycles. The Morgan fingerprint density at radius 1 is 1.38 bits per heavy atom. The van der Waals surface area contributed by atoms with E-state index in [4.69, 9.17) is 5.73 Å². The van der Waals surface area contributed by atoms with Crippen LogP contribution in [0.4, 0.5) is 0 Å². The summed E-state index contributed by atoms with van der Waals surface area (Å²) in [5.41, 5.74) is 6.44. The average molecular weight is 176 g/mol. The molecule has 0 aliphatic carbocycles. The Labute approximate surface area is 76.6 Å². The van der Waals surface area contributed by atoms with E-state index in [1.807, 2.05) is 6.07 Å². The summed E-state index contributed by atoms with van der Waals surface area (Å²) in [7, 11) is 0. The molecule has 1 amide bonds. The molecule has 0 aliphatic heterocycles. The first-order valence-electron chi connectivity index (χ1n) is 3.98. The molecule has 3 heteroatoms. The predicted octanol–water partition coefficient (Wildman–Crippen LogP) is 0.828. The van der Waals surface area contributed by atoms with E-state index in [0.717, 1.165) is 5.56 Å². The quantitative estimate of drug-likeness (QED) is 0.738. The predicted molar refractivity (Wildman–Crippen MR) is 49.0 cm³/mol. The maximum Gasteiger partial charge on any atom is 0.248 e. The number of rotatable bonds is 4. The zero-order valence-electron chi connectivity index (χ0n) is 7.12. The van der Waals surface area contributed by atoms with Crippen molar-refractivity contribution in [3.05, 3.63) is 35.4 Å². The van der Waals surface area contributed by atoms with Crippen molar-refractivity contribution in [2.45, 2.75) is 12.8 Å². The number of amides is 1. The van der Waals surface area contributed by atoms with Crippen molar-refractivity contribution in [2.75, 3.05) is 0 Å². The highest BCUT2D eigenvalue weighted by molar-refractivity contribution is 5.94. The van der Waals surface area contributed by atoms with Crippen LogP contribution in [0.25, 0.3) is 0 Å². The highest BCUT2D eigenvalue weighted by Gasteiger charge is 2.05. The van der Waals surface area contributed by atoms with E-state index in [1.54, 1.807) is 24.5 Å². The minimum atomic E-state index is -0.457. The van der Waals surface area contributed by atoms with Crippen LogP contribution in [0, 0.1) is 0 Å². The molecule has 2 N–H and O–H groups in total. The van der Waals surface area contributed by atoms with Gasteiger partial charge in [-0.2, -0.15) is 0 Å². The van der Waals surface area contributed by atoms with Gasteiger partial charge in [-0.3, -0.25) is 9.59 Å². The van der Waals surface area contributed by atoms with Crippen LogP contribution in [0.2, 0.25) is 0 Å². The van der Waals surface area contributed by atoms with Crippen LogP contribution in [-0.4, -0.2) is 12.2 Å². The molecule has 3 nitrogen and oxygen atoms in total. The standard InChI is InChI=1S/C10H10NO2/c11-10(13)9-6-2-1-4-8(9)5-3-7-12/h1-2,4,6H,3,5H2,(H2,11,13). The average Bonchev–Trinajstić information content (AvgIpc) is 2.15. The van der Waals surface area contributed by atoms with Gasteiger partial charge in [-0.15, -0.1) is 0 Å². The molecule has 0 aliphatic rings. The lowest BCUT2D eigenvalue weighted by molar-refractivity contribution is 0.0999. The molecule has 0 heterocycles. The van der Waals surface area contributed by atoms with Gasteiger partial charge >= 0.3 is 0 Å². The monoisotopic (exact) mass is 176 g/mol. The van der Waals surface area contributed by atoms with Crippen LogP contribution < -0.4 is 5.73 Å². The first kappa shape index (κ1) is 9.45. The Morgan fingerprint density at radius 3 is 2.69 bits per heavy atom. The summed E-state index contributed by atoms with van der Waals surface area (Å²) in [6.07, 6.45) is 2.59. The van der Waals surface area contributed by atoms with Gasteiger partial charge < -0.3 is 5.73 Å². The van der Waals surface area contributed by atoms with Crippen molar-refractivity contribution >= 4 is 12.2 Å². The second kappa shape index (κ2) is 4.40. The van der Waals surface area contributed by atoms with Gasteiger partial charge in [-0.25, -0.2) is 0 Å². The number of hydrogen-bond donors (Lipinski definition) is 1. The first-order chi connectivity index (χ1) is 6.25. The maximum absolute atomic E-state index is 10.9. The molecule has 0 saturated heterocycles. The van der Waals surface area contributed by atoms with Gasteiger partial charge in [-0.05, 0) is 18.1 Å². The Balaban J connectivity index is 2.90. The zero-order valence-corrected chi connectivity index (χ0v) is 7.12. The number of aryl methyl sites for hydroxylation is 1. The van der Waals surface area contributed by atoms with E-state index in [9.17, 15) is 9.59 Å². The van der Waals surface area contributed by atoms with Crippen molar-refractivity contribution in [1.82, 2.24) is 0 Å². The Kier molecular flexibility index (Phi) is 3.20. The number of carbonyl (C=O) groups excluding carboxylic acids is 2. The smallest absolute Gasteiger partial charge is 0.248 e. The fourth-order valence-corrected chi connectivity index (χ4v) is 1.16. The Hall–Kier alpha value is -1.64. The lowest BCUT2D eigenvalue weighted by Crippen LogP contribution is -2.13. The second-order valence-corrected chi connectivity index (χ2v) is 2.67. The molecular weight excluding hydrogens is 166 g/mol. The largest absolute Gasteiger partial charge is 0.366 e. The fraction of sp³-hybridized carbons (Fsp3) is 0.200. The number of primary amides is 1. The van der Waals surface area contributed by atoms with Crippen molar-refractivity contribution < 1.29 is 9.59 Å². The Bertz CT molecular complexity index is 320. The van der Waals surface area contributed by atoms with Crippen LogP contribution in [0.5, 0.6) is 0 Å². The molecule has 1 aromatic rings. The summed E-state index contributed by atoms with van der Waals surface area (Å²) in [4.78, 5) is 20.9. The van der Waals surface area contributed by atoms with E-state index < -0.39 is 5.91 Å². The molecule has 0 fully saturated rings. The van der Waals surface area contributed by atoms with Gasteiger partial charge in [0.25, 0.3) is 0 Å². The minimum absolute atomic E-state index is 0.296. The van der Waals surface area contributed by atoms with E-state index in [-0.39, 0.29) is 0 Å². The third-order valence-corrected chi connectivity index (χ3v) is 1.78. The number of carbonyl (C=O) groups is 1. The van der Waals surface area contributed by atoms with Crippen molar-refractivity contribution in [1.29, 1.82) is 0 Å². The van der Waals surface area contributed by atoms with Gasteiger partial charge in [0.05, 0.1) is 0 Å². The zero-order chi connectivity index (χ0) is 9.68. The highest BCUT2D eigenvalue weighted by Crippen LogP contribution is 2.09. The molecule has 0 aromatic heterocycles. The highest BCUT2D eigenvalue weighted by atomic mass is 16.1. The van der Waals surface area contributed by atoms with Crippen LogP contribution in [0.1, 0.15) is 22.3 Å². The summed E-state index contributed by atoms with van der Waals surface area (Å²) in [5, 5.41) is 0. The fourth-order valence-electron chi connectivity index (χ4n) is 1.16. The summed E-state index contributed by atoms with van der Waals surface area (Å²) in [5.74, 6) is -0.457. The molecule has 0 bridgehead atoms. The molecule has 1 aromatic carbocycles. The SMILES string of the molecule is NC(=O)c1ccccc1CC[C]=O. The molecule has 67 valence electrons. The summed E-state index contributed by atoms with van der Waals surface area (Å²) in [6.45, 7) is 0. The number of benzene rings is 1. The number of hydrogen-bond acceptors (Lipinski definition) is 2. The minimum Gasteiger partial charge on any atom is -0.366 e.